The average Bonchev–Trinajstić information content (AvgIpc) is 3.07. The first-order chi connectivity index (χ1) is 9.60. The Bertz CT molecular complexity index is 435. The second-order valence-corrected chi connectivity index (χ2v) is 7.19. The highest BCUT2D eigenvalue weighted by atomic mass is 32.1. The largest absolute Gasteiger partial charge is 0.336 e. The van der Waals surface area contributed by atoms with Gasteiger partial charge in [-0.1, -0.05) is 20.8 Å². The molecule has 112 valence electrons. The van der Waals surface area contributed by atoms with E-state index in [9.17, 15) is 4.79 Å². The fourth-order valence-corrected chi connectivity index (χ4v) is 3.61. The normalized spacial score (nSPS) is 18.7. The first-order valence-corrected chi connectivity index (χ1v) is 8.53. The maximum absolute atomic E-state index is 12.7. The topological polar surface area (TPSA) is 32.3 Å². The number of aryl methyl sites for hydroxylation is 1. The highest BCUT2D eigenvalue weighted by molar-refractivity contribution is 7.14. The van der Waals surface area contributed by atoms with E-state index < -0.39 is 0 Å². The van der Waals surface area contributed by atoms with Crippen molar-refractivity contribution in [3.8, 4) is 0 Å². The molecule has 1 unspecified atom stereocenters. The third-order valence-electron chi connectivity index (χ3n) is 3.70. The molecule has 0 aliphatic carbocycles. The first kappa shape index (κ1) is 15.5. The van der Waals surface area contributed by atoms with Crippen LogP contribution < -0.4 is 5.32 Å². The van der Waals surface area contributed by atoms with Gasteiger partial charge in [0.2, 0.25) is 0 Å². The second-order valence-electron chi connectivity index (χ2n) is 6.02. The molecule has 1 saturated heterocycles. The van der Waals surface area contributed by atoms with Crippen molar-refractivity contribution in [2.24, 2.45) is 5.92 Å². The zero-order valence-corrected chi connectivity index (χ0v) is 13.6. The Kier molecular flexibility index (Phi) is 5.61. The zero-order chi connectivity index (χ0) is 14.5. The van der Waals surface area contributed by atoms with Crippen molar-refractivity contribution < 1.29 is 4.79 Å². The number of hydrogen-bond acceptors (Lipinski definition) is 3. The van der Waals surface area contributed by atoms with Crippen LogP contribution in [0.5, 0.6) is 0 Å². The summed E-state index contributed by atoms with van der Waals surface area (Å²) in [6, 6.07) is 4.55. The molecule has 1 N–H and O–H groups in total. The lowest BCUT2D eigenvalue weighted by Crippen LogP contribution is -2.42. The molecule has 1 aromatic heterocycles. The Morgan fingerprint density at radius 3 is 2.85 bits per heavy atom. The van der Waals surface area contributed by atoms with E-state index in [0.717, 1.165) is 30.9 Å². The molecule has 20 heavy (non-hydrogen) atoms. The van der Waals surface area contributed by atoms with E-state index in [4.69, 9.17) is 0 Å². The Morgan fingerprint density at radius 2 is 2.30 bits per heavy atom. The van der Waals surface area contributed by atoms with Crippen LogP contribution in [0.15, 0.2) is 12.1 Å². The summed E-state index contributed by atoms with van der Waals surface area (Å²) in [6.45, 7) is 9.26. The summed E-state index contributed by atoms with van der Waals surface area (Å²) >= 11 is 1.64. The second kappa shape index (κ2) is 7.23. The Labute approximate surface area is 126 Å². The standard InChI is InChI=1S/C16H26N2OS/c1-4-14-7-8-15(20-14)16(19)18(10-12(2)3)11-13-6-5-9-17-13/h7-8,12-13,17H,4-6,9-11H2,1-3H3. The van der Waals surface area contributed by atoms with Crippen molar-refractivity contribution in [2.75, 3.05) is 19.6 Å². The van der Waals surface area contributed by atoms with Gasteiger partial charge in [-0.15, -0.1) is 11.3 Å². The van der Waals surface area contributed by atoms with Crippen LogP contribution in [0.2, 0.25) is 0 Å². The van der Waals surface area contributed by atoms with Gasteiger partial charge in [0.25, 0.3) is 5.91 Å². The summed E-state index contributed by atoms with van der Waals surface area (Å²) in [5.74, 6) is 0.711. The van der Waals surface area contributed by atoms with E-state index >= 15 is 0 Å². The van der Waals surface area contributed by atoms with E-state index in [0.29, 0.717) is 12.0 Å². The van der Waals surface area contributed by atoms with Gasteiger partial charge in [-0.3, -0.25) is 4.79 Å². The molecular weight excluding hydrogens is 268 g/mol. The summed E-state index contributed by atoms with van der Waals surface area (Å²) in [6.07, 6.45) is 3.42. The molecule has 0 spiro atoms. The quantitative estimate of drug-likeness (QED) is 0.874. The monoisotopic (exact) mass is 294 g/mol. The van der Waals surface area contributed by atoms with Gasteiger partial charge in [-0.2, -0.15) is 0 Å². The van der Waals surface area contributed by atoms with Gasteiger partial charge in [0.1, 0.15) is 0 Å². The Morgan fingerprint density at radius 1 is 1.50 bits per heavy atom. The lowest BCUT2D eigenvalue weighted by molar-refractivity contribution is 0.0726. The maximum Gasteiger partial charge on any atom is 0.263 e. The SMILES string of the molecule is CCc1ccc(C(=O)N(CC(C)C)CC2CCCN2)s1. The number of nitrogens with zero attached hydrogens (tertiary/aromatic N) is 1. The molecule has 2 rings (SSSR count). The van der Waals surface area contributed by atoms with Crippen LogP contribution in [0.25, 0.3) is 0 Å². The minimum Gasteiger partial charge on any atom is -0.336 e. The molecule has 1 fully saturated rings. The molecule has 1 amide bonds. The highest BCUT2D eigenvalue weighted by Gasteiger charge is 2.23. The third-order valence-corrected chi connectivity index (χ3v) is 4.91. The molecule has 1 aliphatic rings. The summed E-state index contributed by atoms with van der Waals surface area (Å²) in [5.41, 5.74) is 0. The van der Waals surface area contributed by atoms with E-state index in [-0.39, 0.29) is 5.91 Å². The molecule has 3 nitrogen and oxygen atoms in total. The van der Waals surface area contributed by atoms with Gasteiger partial charge in [0.05, 0.1) is 4.88 Å². The van der Waals surface area contributed by atoms with Gasteiger partial charge in [-0.25, -0.2) is 0 Å². The van der Waals surface area contributed by atoms with Gasteiger partial charge in [0, 0.05) is 24.0 Å². The van der Waals surface area contributed by atoms with Crippen molar-refractivity contribution in [3.05, 3.63) is 21.9 Å². The Hall–Kier alpha value is -0.870. The maximum atomic E-state index is 12.7. The van der Waals surface area contributed by atoms with Crippen molar-refractivity contribution in [1.82, 2.24) is 10.2 Å². The van der Waals surface area contributed by atoms with Crippen LogP contribution in [-0.2, 0) is 6.42 Å². The van der Waals surface area contributed by atoms with Crippen LogP contribution >= 0.6 is 11.3 Å². The molecule has 0 radical (unpaired) electrons. The van der Waals surface area contributed by atoms with Crippen molar-refractivity contribution in [3.63, 3.8) is 0 Å². The van der Waals surface area contributed by atoms with Crippen LogP contribution in [0.4, 0.5) is 0 Å². The summed E-state index contributed by atoms with van der Waals surface area (Å²) in [7, 11) is 0. The predicted molar refractivity (Wildman–Crippen MR) is 85.5 cm³/mol. The number of nitrogens with one attached hydrogen (secondary N) is 1. The number of amides is 1. The van der Waals surface area contributed by atoms with E-state index in [1.807, 2.05) is 11.0 Å². The smallest absolute Gasteiger partial charge is 0.263 e. The minimum atomic E-state index is 0.206. The molecule has 0 saturated carbocycles. The number of hydrogen-bond donors (Lipinski definition) is 1. The molecular formula is C16H26N2OS. The number of rotatable bonds is 6. The summed E-state index contributed by atoms with van der Waals surface area (Å²) < 4.78 is 0. The van der Waals surface area contributed by atoms with Gasteiger partial charge in [0.15, 0.2) is 0 Å². The van der Waals surface area contributed by atoms with Crippen LogP contribution in [0.3, 0.4) is 0 Å². The molecule has 1 atom stereocenters. The fraction of sp³-hybridized carbons (Fsp3) is 0.688. The molecule has 0 bridgehead atoms. The Balaban J connectivity index is 2.05. The van der Waals surface area contributed by atoms with E-state index in [1.54, 1.807) is 11.3 Å². The molecule has 1 aliphatic heterocycles. The van der Waals surface area contributed by atoms with Crippen LogP contribution in [-0.4, -0.2) is 36.5 Å². The zero-order valence-electron chi connectivity index (χ0n) is 12.8. The number of thiophene rings is 1. The minimum absolute atomic E-state index is 0.206. The lowest BCUT2D eigenvalue weighted by Gasteiger charge is -2.27. The van der Waals surface area contributed by atoms with Gasteiger partial charge >= 0.3 is 0 Å². The molecule has 4 heteroatoms. The van der Waals surface area contributed by atoms with Gasteiger partial charge in [-0.05, 0) is 43.9 Å². The summed E-state index contributed by atoms with van der Waals surface area (Å²) in [4.78, 5) is 16.9. The lowest BCUT2D eigenvalue weighted by atomic mass is 10.1. The molecule has 2 heterocycles. The molecule has 0 aromatic carbocycles. The number of carbonyl (C=O) groups is 1. The first-order valence-electron chi connectivity index (χ1n) is 7.71. The number of carbonyl (C=O) groups excluding carboxylic acids is 1. The van der Waals surface area contributed by atoms with Crippen LogP contribution in [0.1, 0.15) is 48.2 Å². The average molecular weight is 294 g/mol. The van der Waals surface area contributed by atoms with E-state index in [1.165, 1.54) is 17.7 Å². The third kappa shape index (κ3) is 4.06. The van der Waals surface area contributed by atoms with Crippen molar-refractivity contribution >= 4 is 17.2 Å². The predicted octanol–water partition coefficient (Wildman–Crippen LogP) is 3.16. The summed E-state index contributed by atoms with van der Waals surface area (Å²) in [5, 5.41) is 3.49. The van der Waals surface area contributed by atoms with Gasteiger partial charge < -0.3 is 10.2 Å². The molecule has 1 aromatic rings. The van der Waals surface area contributed by atoms with Crippen molar-refractivity contribution in [1.29, 1.82) is 0 Å². The van der Waals surface area contributed by atoms with Crippen molar-refractivity contribution in [2.45, 2.75) is 46.1 Å². The fourth-order valence-electron chi connectivity index (χ4n) is 2.70. The van der Waals surface area contributed by atoms with E-state index in [2.05, 4.69) is 32.2 Å². The van der Waals surface area contributed by atoms with Crippen LogP contribution in [0, 0.1) is 5.92 Å². The highest BCUT2D eigenvalue weighted by Crippen LogP contribution is 2.20.